The van der Waals surface area contributed by atoms with E-state index in [-0.39, 0.29) is 29.9 Å². The summed E-state index contributed by atoms with van der Waals surface area (Å²) >= 11 is 0. The summed E-state index contributed by atoms with van der Waals surface area (Å²) < 4.78 is 11.8. The first-order valence-electron chi connectivity index (χ1n) is 10.6. The topological polar surface area (TPSA) is 132 Å². The van der Waals surface area contributed by atoms with Crippen LogP contribution in [0.25, 0.3) is 0 Å². The SMILES string of the molecule is CCCCN(CC(=O)Nc1ccc(OC)cc1OC)c1c(N)n(CC(C)C)c(=O)[nH]c1=O. The first-order chi connectivity index (χ1) is 15.2. The van der Waals surface area contributed by atoms with E-state index in [0.717, 1.165) is 12.8 Å². The summed E-state index contributed by atoms with van der Waals surface area (Å²) in [7, 11) is 3.04. The van der Waals surface area contributed by atoms with Gasteiger partial charge in [-0.3, -0.25) is 19.1 Å². The predicted molar refractivity (Wildman–Crippen MR) is 126 cm³/mol. The molecule has 0 fully saturated rings. The zero-order valence-electron chi connectivity index (χ0n) is 19.4. The number of methoxy groups -OCH3 is 2. The molecule has 0 bridgehead atoms. The van der Waals surface area contributed by atoms with Crippen molar-refractivity contribution in [3.63, 3.8) is 0 Å². The molecule has 0 radical (unpaired) electrons. The van der Waals surface area contributed by atoms with Gasteiger partial charge in [-0.15, -0.1) is 0 Å². The molecule has 0 saturated carbocycles. The molecular weight excluding hydrogens is 414 g/mol. The van der Waals surface area contributed by atoms with Gasteiger partial charge in [0.1, 0.15) is 23.0 Å². The van der Waals surface area contributed by atoms with E-state index in [1.165, 1.54) is 11.7 Å². The second kappa shape index (κ2) is 11.3. The van der Waals surface area contributed by atoms with Gasteiger partial charge in [0.25, 0.3) is 5.56 Å². The highest BCUT2D eigenvalue weighted by atomic mass is 16.5. The third-order valence-electron chi connectivity index (χ3n) is 4.88. The number of nitrogens with one attached hydrogen (secondary N) is 2. The number of carbonyl (C=O) groups excluding carboxylic acids is 1. The van der Waals surface area contributed by atoms with E-state index >= 15 is 0 Å². The number of aromatic amines is 1. The Balaban J connectivity index is 2.36. The van der Waals surface area contributed by atoms with Gasteiger partial charge in [0.15, 0.2) is 0 Å². The first kappa shape index (κ1) is 24.8. The Kier molecular flexibility index (Phi) is 8.74. The van der Waals surface area contributed by atoms with Crippen LogP contribution in [0.4, 0.5) is 17.2 Å². The van der Waals surface area contributed by atoms with Crippen LogP contribution in [0, 0.1) is 5.92 Å². The Morgan fingerprint density at radius 3 is 2.56 bits per heavy atom. The molecule has 0 unspecified atom stereocenters. The quantitative estimate of drug-likeness (QED) is 0.480. The van der Waals surface area contributed by atoms with Crippen molar-refractivity contribution in [2.45, 2.75) is 40.2 Å². The van der Waals surface area contributed by atoms with Gasteiger partial charge in [-0.25, -0.2) is 4.79 Å². The standard InChI is InChI=1S/C22H33N5O5/c1-6-7-10-26(19-20(23)27(12-14(2)3)22(30)25-21(19)29)13-18(28)24-16-9-8-15(31-4)11-17(16)32-5/h8-9,11,14H,6-7,10,12-13,23H2,1-5H3,(H,24,28)(H,25,29,30). The third-order valence-corrected chi connectivity index (χ3v) is 4.88. The van der Waals surface area contributed by atoms with Crippen LogP contribution in [0.5, 0.6) is 11.5 Å². The van der Waals surface area contributed by atoms with Gasteiger partial charge in [-0.2, -0.15) is 0 Å². The predicted octanol–water partition coefficient (Wildman–Crippen LogP) is 2.04. The molecule has 4 N–H and O–H groups in total. The molecule has 1 amide bonds. The largest absolute Gasteiger partial charge is 0.497 e. The number of H-pyrrole nitrogens is 1. The average Bonchev–Trinajstić information content (AvgIpc) is 2.74. The minimum absolute atomic E-state index is 0.0541. The van der Waals surface area contributed by atoms with Gasteiger partial charge in [0.2, 0.25) is 5.91 Å². The number of anilines is 3. The molecular formula is C22H33N5O5. The first-order valence-corrected chi connectivity index (χ1v) is 10.6. The van der Waals surface area contributed by atoms with Gasteiger partial charge in [0.05, 0.1) is 26.5 Å². The Labute approximate surface area is 187 Å². The average molecular weight is 448 g/mol. The molecule has 176 valence electrons. The van der Waals surface area contributed by atoms with E-state index in [9.17, 15) is 14.4 Å². The number of hydrogen-bond acceptors (Lipinski definition) is 7. The highest BCUT2D eigenvalue weighted by Gasteiger charge is 2.22. The number of ether oxygens (including phenoxy) is 2. The van der Waals surface area contributed by atoms with Gasteiger partial charge >= 0.3 is 5.69 Å². The second-order valence-corrected chi connectivity index (χ2v) is 7.89. The number of nitrogens with two attached hydrogens (primary N) is 1. The second-order valence-electron chi connectivity index (χ2n) is 7.89. The molecule has 0 aliphatic heterocycles. The number of amides is 1. The Morgan fingerprint density at radius 1 is 1.25 bits per heavy atom. The lowest BCUT2D eigenvalue weighted by atomic mass is 10.2. The van der Waals surface area contributed by atoms with Gasteiger partial charge in [0, 0.05) is 19.2 Å². The van der Waals surface area contributed by atoms with Crippen LogP contribution in [0.1, 0.15) is 33.6 Å². The number of unbranched alkanes of at least 4 members (excludes halogenated alkanes) is 1. The number of nitrogen functional groups attached to an aromatic ring is 1. The fraction of sp³-hybridized carbons (Fsp3) is 0.500. The van der Waals surface area contributed by atoms with Gasteiger partial charge < -0.3 is 25.4 Å². The molecule has 0 spiro atoms. The molecule has 1 heterocycles. The molecule has 10 nitrogen and oxygen atoms in total. The molecule has 0 atom stereocenters. The summed E-state index contributed by atoms with van der Waals surface area (Å²) in [5, 5.41) is 2.80. The number of aromatic nitrogens is 2. The van der Waals surface area contributed by atoms with E-state index < -0.39 is 11.2 Å². The monoisotopic (exact) mass is 447 g/mol. The maximum atomic E-state index is 12.9. The van der Waals surface area contributed by atoms with Crippen LogP contribution in [-0.2, 0) is 11.3 Å². The number of nitrogens with zero attached hydrogens (tertiary/aromatic N) is 2. The number of hydrogen-bond donors (Lipinski definition) is 3. The van der Waals surface area contributed by atoms with Crippen LogP contribution in [-0.4, -0.2) is 42.8 Å². The number of rotatable bonds is 11. The van der Waals surface area contributed by atoms with Crippen LogP contribution >= 0.6 is 0 Å². The molecule has 2 rings (SSSR count). The Morgan fingerprint density at radius 2 is 1.97 bits per heavy atom. The summed E-state index contributed by atoms with van der Waals surface area (Å²) in [5.74, 6) is 0.879. The summed E-state index contributed by atoms with van der Waals surface area (Å²) in [4.78, 5) is 41.7. The van der Waals surface area contributed by atoms with Crippen LogP contribution in [0.2, 0.25) is 0 Å². The Hall–Kier alpha value is -3.43. The summed E-state index contributed by atoms with van der Waals surface area (Å²) in [5.41, 5.74) is 5.67. The summed E-state index contributed by atoms with van der Waals surface area (Å²) in [6.07, 6.45) is 1.59. The van der Waals surface area contributed by atoms with Crippen molar-refractivity contribution in [3.05, 3.63) is 39.0 Å². The highest BCUT2D eigenvalue weighted by molar-refractivity contribution is 5.95. The van der Waals surface area contributed by atoms with Crippen LogP contribution in [0.15, 0.2) is 27.8 Å². The molecule has 32 heavy (non-hydrogen) atoms. The lowest BCUT2D eigenvalue weighted by molar-refractivity contribution is -0.115. The number of benzene rings is 1. The molecule has 0 saturated heterocycles. The Bertz CT molecular complexity index is 1040. The summed E-state index contributed by atoms with van der Waals surface area (Å²) in [6.45, 7) is 6.56. The van der Waals surface area contributed by atoms with Crippen molar-refractivity contribution in [1.82, 2.24) is 9.55 Å². The minimum Gasteiger partial charge on any atom is -0.497 e. The smallest absolute Gasteiger partial charge is 0.330 e. The van der Waals surface area contributed by atoms with Gasteiger partial charge in [-0.05, 0) is 24.5 Å². The maximum Gasteiger partial charge on any atom is 0.330 e. The minimum atomic E-state index is -0.613. The van der Waals surface area contributed by atoms with Gasteiger partial charge in [-0.1, -0.05) is 27.2 Å². The van der Waals surface area contributed by atoms with Crippen molar-refractivity contribution in [2.75, 3.05) is 43.3 Å². The molecule has 2 aromatic rings. The van der Waals surface area contributed by atoms with E-state index in [0.29, 0.717) is 30.3 Å². The van der Waals surface area contributed by atoms with E-state index in [1.54, 1.807) is 30.2 Å². The fourth-order valence-corrected chi connectivity index (χ4v) is 3.31. The number of carbonyl (C=O) groups is 1. The zero-order chi connectivity index (χ0) is 23.8. The third kappa shape index (κ3) is 6.05. The lowest BCUT2D eigenvalue weighted by Crippen LogP contribution is -2.42. The van der Waals surface area contributed by atoms with Crippen LogP contribution < -0.4 is 36.7 Å². The van der Waals surface area contributed by atoms with Crippen molar-refractivity contribution >= 4 is 23.1 Å². The van der Waals surface area contributed by atoms with E-state index in [1.807, 2.05) is 20.8 Å². The fourth-order valence-electron chi connectivity index (χ4n) is 3.31. The molecule has 1 aromatic carbocycles. The van der Waals surface area contributed by atoms with Crippen molar-refractivity contribution in [3.8, 4) is 11.5 Å². The zero-order valence-corrected chi connectivity index (χ0v) is 19.4. The highest BCUT2D eigenvalue weighted by Crippen LogP contribution is 2.29. The molecule has 0 aliphatic rings. The normalized spacial score (nSPS) is 10.8. The van der Waals surface area contributed by atoms with Crippen molar-refractivity contribution in [1.29, 1.82) is 0 Å². The molecule has 1 aromatic heterocycles. The van der Waals surface area contributed by atoms with Crippen molar-refractivity contribution < 1.29 is 14.3 Å². The maximum absolute atomic E-state index is 12.9. The van der Waals surface area contributed by atoms with E-state index in [2.05, 4.69) is 10.3 Å². The summed E-state index contributed by atoms with van der Waals surface area (Å²) in [6, 6.07) is 5.04. The van der Waals surface area contributed by atoms with E-state index in [4.69, 9.17) is 15.2 Å². The van der Waals surface area contributed by atoms with Crippen molar-refractivity contribution in [2.24, 2.45) is 5.92 Å². The van der Waals surface area contributed by atoms with Crippen LogP contribution in [0.3, 0.4) is 0 Å². The molecule has 0 aliphatic carbocycles. The lowest BCUT2D eigenvalue weighted by Gasteiger charge is -2.26. The molecule has 10 heteroatoms.